The van der Waals surface area contributed by atoms with E-state index in [4.69, 9.17) is 0 Å². The van der Waals surface area contributed by atoms with Gasteiger partial charge < -0.3 is 9.80 Å². The Hall–Kier alpha value is -0.660. The smallest absolute Gasteiger partial charge is 0.101 e. The van der Waals surface area contributed by atoms with Crippen molar-refractivity contribution in [3.05, 3.63) is 12.4 Å². The van der Waals surface area contributed by atoms with Gasteiger partial charge in [-0.15, -0.1) is 0 Å². The molecule has 2 nitrogen and oxygen atoms in total. The molecule has 2 heteroatoms. The number of hydrogen-bond donors (Lipinski definition) is 0. The molecule has 1 atom stereocenters. The molecular formula is C27H54N2. The maximum atomic E-state index is 2.67. The Morgan fingerprint density at radius 1 is 0.448 bits per heavy atom. The molecule has 0 aromatic carbocycles. The van der Waals surface area contributed by atoms with Crippen LogP contribution in [0.25, 0.3) is 0 Å². The molecule has 1 unspecified atom stereocenters. The fourth-order valence-corrected chi connectivity index (χ4v) is 4.60. The van der Waals surface area contributed by atoms with Gasteiger partial charge in [-0.25, -0.2) is 0 Å². The Morgan fingerprint density at radius 3 is 1.21 bits per heavy atom. The predicted octanol–water partition coefficient (Wildman–Crippen LogP) is 8.87. The number of unbranched alkanes of at least 4 members (excludes halogenated alkanes) is 15. The first-order valence-corrected chi connectivity index (χ1v) is 13.5. The lowest BCUT2D eigenvalue weighted by atomic mass is 10.1. The average molecular weight is 407 g/mol. The van der Waals surface area contributed by atoms with E-state index in [-0.39, 0.29) is 0 Å². The molecule has 29 heavy (non-hydrogen) atoms. The summed E-state index contributed by atoms with van der Waals surface area (Å²) in [4.78, 5) is 5.34. The van der Waals surface area contributed by atoms with Gasteiger partial charge in [-0.1, -0.05) is 117 Å². The van der Waals surface area contributed by atoms with Crippen LogP contribution in [-0.4, -0.2) is 29.1 Å². The van der Waals surface area contributed by atoms with Crippen molar-refractivity contribution in [1.82, 2.24) is 9.80 Å². The van der Waals surface area contributed by atoms with E-state index >= 15 is 0 Å². The summed E-state index contributed by atoms with van der Waals surface area (Å²) in [5.74, 6) is 0. The van der Waals surface area contributed by atoms with E-state index in [0.717, 1.165) is 0 Å². The minimum absolute atomic E-state index is 0.646. The first-order chi connectivity index (χ1) is 14.3. The number of hydrogen-bond acceptors (Lipinski definition) is 2. The highest BCUT2D eigenvalue weighted by Gasteiger charge is 2.24. The van der Waals surface area contributed by atoms with E-state index < -0.39 is 0 Å². The zero-order valence-electron chi connectivity index (χ0n) is 20.5. The number of nitrogens with zero attached hydrogens (tertiary/aromatic N) is 2. The van der Waals surface area contributed by atoms with Crippen LogP contribution in [0, 0.1) is 0 Å². The molecule has 1 heterocycles. The summed E-state index contributed by atoms with van der Waals surface area (Å²) in [5.41, 5.74) is 0. The monoisotopic (exact) mass is 406 g/mol. The second kappa shape index (κ2) is 19.3. The molecule has 1 aliphatic rings. The molecule has 0 N–H and O–H groups in total. The first kappa shape index (κ1) is 26.4. The van der Waals surface area contributed by atoms with E-state index in [1.165, 1.54) is 135 Å². The van der Waals surface area contributed by atoms with E-state index in [1.54, 1.807) is 0 Å². The summed E-state index contributed by atoms with van der Waals surface area (Å²) in [6, 6.07) is 0. The lowest BCUT2D eigenvalue weighted by Gasteiger charge is -2.33. The van der Waals surface area contributed by atoms with Crippen molar-refractivity contribution in [2.75, 3.05) is 13.1 Å². The minimum atomic E-state index is 0.646. The fraction of sp³-hybridized carbons (Fsp3) is 0.926. The van der Waals surface area contributed by atoms with E-state index in [1.807, 2.05) is 0 Å². The SMILES string of the molecule is CCCCCCCCCN1C=CN(CCCCCCCC)C1CCCCCCC. The second-order valence-electron chi connectivity index (χ2n) is 9.35. The summed E-state index contributed by atoms with van der Waals surface area (Å²) in [6.45, 7) is 9.44. The normalized spacial score (nSPS) is 16.3. The van der Waals surface area contributed by atoms with Gasteiger partial charge in [0, 0.05) is 25.5 Å². The van der Waals surface area contributed by atoms with Crippen LogP contribution < -0.4 is 0 Å². The first-order valence-electron chi connectivity index (χ1n) is 13.5. The van der Waals surface area contributed by atoms with E-state index in [9.17, 15) is 0 Å². The van der Waals surface area contributed by atoms with E-state index in [0.29, 0.717) is 6.17 Å². The molecule has 1 aliphatic heterocycles. The molecule has 1 rings (SSSR count). The highest BCUT2D eigenvalue weighted by Crippen LogP contribution is 2.23. The average Bonchev–Trinajstić information content (AvgIpc) is 3.11. The Morgan fingerprint density at radius 2 is 0.793 bits per heavy atom. The molecule has 0 saturated carbocycles. The van der Waals surface area contributed by atoms with Crippen LogP contribution in [0.5, 0.6) is 0 Å². The van der Waals surface area contributed by atoms with Crippen LogP contribution in [0.4, 0.5) is 0 Å². The van der Waals surface area contributed by atoms with Gasteiger partial charge >= 0.3 is 0 Å². The van der Waals surface area contributed by atoms with Gasteiger partial charge in [-0.05, 0) is 25.7 Å². The topological polar surface area (TPSA) is 6.48 Å². The quantitative estimate of drug-likeness (QED) is 0.176. The molecule has 0 spiro atoms. The molecule has 0 radical (unpaired) electrons. The van der Waals surface area contributed by atoms with Crippen molar-refractivity contribution in [3.63, 3.8) is 0 Å². The van der Waals surface area contributed by atoms with Gasteiger partial charge in [0.25, 0.3) is 0 Å². The van der Waals surface area contributed by atoms with Crippen LogP contribution in [0.15, 0.2) is 12.4 Å². The molecule has 0 aromatic rings. The Balaban J connectivity index is 2.29. The Kier molecular flexibility index (Phi) is 17.6. The lowest BCUT2D eigenvalue weighted by molar-refractivity contribution is 0.135. The molecule has 172 valence electrons. The van der Waals surface area contributed by atoms with Gasteiger partial charge in [-0.3, -0.25) is 0 Å². The highest BCUT2D eigenvalue weighted by atomic mass is 15.4. The largest absolute Gasteiger partial charge is 0.356 e. The fourth-order valence-electron chi connectivity index (χ4n) is 4.60. The van der Waals surface area contributed by atoms with Crippen molar-refractivity contribution in [1.29, 1.82) is 0 Å². The molecule has 0 aliphatic carbocycles. The third kappa shape index (κ3) is 13.3. The van der Waals surface area contributed by atoms with Gasteiger partial charge in [-0.2, -0.15) is 0 Å². The van der Waals surface area contributed by atoms with Gasteiger partial charge in [0.05, 0.1) is 0 Å². The minimum Gasteiger partial charge on any atom is -0.356 e. The second-order valence-corrected chi connectivity index (χ2v) is 9.35. The van der Waals surface area contributed by atoms with Crippen molar-refractivity contribution >= 4 is 0 Å². The summed E-state index contributed by atoms with van der Waals surface area (Å²) in [5, 5.41) is 0. The predicted molar refractivity (Wildman–Crippen MR) is 131 cm³/mol. The van der Waals surface area contributed by atoms with Crippen LogP contribution in [0.2, 0.25) is 0 Å². The lowest BCUT2D eigenvalue weighted by Crippen LogP contribution is -2.39. The Bertz CT molecular complexity index is 366. The van der Waals surface area contributed by atoms with Crippen molar-refractivity contribution in [2.45, 2.75) is 149 Å². The highest BCUT2D eigenvalue weighted by molar-refractivity contribution is 4.97. The Labute approximate surface area is 184 Å². The third-order valence-electron chi connectivity index (χ3n) is 6.57. The van der Waals surface area contributed by atoms with Crippen molar-refractivity contribution < 1.29 is 0 Å². The molecular weight excluding hydrogens is 352 g/mol. The van der Waals surface area contributed by atoms with Crippen LogP contribution in [0.1, 0.15) is 143 Å². The standard InChI is InChI=1S/C27H54N2/c1-4-7-10-13-15-18-21-24-29-26-25-28(23-20-17-14-11-8-5-2)27(29)22-19-16-12-9-6-3/h25-27H,4-24H2,1-3H3. The number of rotatable bonds is 21. The zero-order chi connectivity index (χ0) is 21.0. The summed E-state index contributed by atoms with van der Waals surface area (Å²) >= 11 is 0. The third-order valence-corrected chi connectivity index (χ3v) is 6.57. The molecule has 0 fully saturated rings. The molecule has 0 aromatic heterocycles. The zero-order valence-corrected chi connectivity index (χ0v) is 20.5. The van der Waals surface area contributed by atoms with Crippen LogP contribution >= 0.6 is 0 Å². The van der Waals surface area contributed by atoms with Crippen LogP contribution in [0.3, 0.4) is 0 Å². The van der Waals surface area contributed by atoms with E-state index in [2.05, 4.69) is 43.0 Å². The maximum Gasteiger partial charge on any atom is 0.101 e. The molecule has 0 amide bonds. The van der Waals surface area contributed by atoms with Crippen molar-refractivity contribution in [3.8, 4) is 0 Å². The van der Waals surface area contributed by atoms with Gasteiger partial charge in [0.2, 0.25) is 0 Å². The van der Waals surface area contributed by atoms with Gasteiger partial charge in [0.15, 0.2) is 0 Å². The maximum absolute atomic E-state index is 2.67. The summed E-state index contributed by atoms with van der Waals surface area (Å²) < 4.78 is 0. The van der Waals surface area contributed by atoms with Crippen molar-refractivity contribution in [2.24, 2.45) is 0 Å². The summed E-state index contributed by atoms with van der Waals surface area (Å²) in [7, 11) is 0. The molecule has 0 bridgehead atoms. The van der Waals surface area contributed by atoms with Crippen LogP contribution in [-0.2, 0) is 0 Å². The summed E-state index contributed by atoms with van der Waals surface area (Å²) in [6.07, 6.45) is 32.1. The van der Waals surface area contributed by atoms with Gasteiger partial charge in [0.1, 0.15) is 6.17 Å². The molecule has 0 saturated heterocycles.